The van der Waals surface area contributed by atoms with Crippen LogP contribution in [-0.4, -0.2) is 24.5 Å². The number of hydrogen-bond donors (Lipinski definition) is 1. The van der Waals surface area contributed by atoms with Gasteiger partial charge in [0.15, 0.2) is 0 Å². The van der Waals surface area contributed by atoms with Gasteiger partial charge in [-0.2, -0.15) is 0 Å². The van der Waals surface area contributed by atoms with Crippen molar-refractivity contribution < 1.29 is 0 Å². The van der Waals surface area contributed by atoms with Gasteiger partial charge in [-0.15, -0.1) is 0 Å². The summed E-state index contributed by atoms with van der Waals surface area (Å²) in [4.78, 5) is 2.43. The van der Waals surface area contributed by atoms with Crippen LogP contribution in [0.25, 0.3) is 0 Å². The van der Waals surface area contributed by atoms with Gasteiger partial charge in [-0.25, -0.2) is 0 Å². The lowest BCUT2D eigenvalue weighted by atomic mass is 9.80. The molecule has 0 radical (unpaired) electrons. The molecule has 0 heterocycles. The van der Waals surface area contributed by atoms with E-state index in [4.69, 9.17) is 5.73 Å². The molecule has 1 aromatic rings. The van der Waals surface area contributed by atoms with E-state index in [1.165, 1.54) is 36.9 Å². The maximum absolute atomic E-state index is 5.84. The minimum Gasteiger partial charge on any atom is -0.328 e. The van der Waals surface area contributed by atoms with E-state index in [2.05, 4.69) is 50.1 Å². The second-order valence-electron chi connectivity index (χ2n) is 6.35. The Kier molecular flexibility index (Phi) is 5.00. The van der Waals surface area contributed by atoms with Crippen LogP contribution in [0.5, 0.6) is 0 Å². The van der Waals surface area contributed by atoms with Gasteiger partial charge in [-0.1, -0.05) is 38.1 Å². The zero-order chi connectivity index (χ0) is 13.8. The fourth-order valence-corrected chi connectivity index (χ4v) is 2.94. The number of hydrogen-bond acceptors (Lipinski definition) is 2. The van der Waals surface area contributed by atoms with E-state index in [1.54, 1.807) is 0 Å². The van der Waals surface area contributed by atoms with Crippen molar-refractivity contribution in [2.75, 3.05) is 13.6 Å². The highest BCUT2D eigenvalue weighted by Crippen LogP contribution is 2.26. The molecule has 2 rings (SSSR count). The van der Waals surface area contributed by atoms with Crippen molar-refractivity contribution in [1.29, 1.82) is 0 Å². The fourth-order valence-electron chi connectivity index (χ4n) is 2.94. The van der Waals surface area contributed by atoms with Crippen molar-refractivity contribution in [3.05, 3.63) is 35.4 Å². The van der Waals surface area contributed by atoms with E-state index in [1.807, 2.05) is 0 Å². The van der Waals surface area contributed by atoms with Crippen molar-refractivity contribution in [2.24, 2.45) is 11.7 Å². The predicted molar refractivity (Wildman–Crippen MR) is 82.2 cm³/mol. The molecule has 0 amide bonds. The van der Waals surface area contributed by atoms with E-state index >= 15 is 0 Å². The number of nitrogens with zero attached hydrogens (tertiary/aromatic N) is 1. The maximum atomic E-state index is 5.84. The third kappa shape index (κ3) is 4.05. The first-order chi connectivity index (χ1) is 9.08. The average molecular weight is 260 g/mol. The van der Waals surface area contributed by atoms with Crippen LogP contribution in [0, 0.1) is 5.92 Å². The standard InChI is InChI=1S/C17H28N2/c1-4-13(2)16-7-5-14(6-8-16)11-19(3)12-15-9-17(18)10-15/h5-8,13,15,17H,4,9-12,18H2,1-3H3. The lowest BCUT2D eigenvalue weighted by molar-refractivity contribution is 0.178. The van der Waals surface area contributed by atoms with Crippen molar-refractivity contribution in [3.63, 3.8) is 0 Å². The minimum absolute atomic E-state index is 0.466. The Morgan fingerprint density at radius 3 is 2.42 bits per heavy atom. The SMILES string of the molecule is CCC(C)c1ccc(CN(C)CC2CC(N)C2)cc1. The molecule has 1 aromatic carbocycles. The topological polar surface area (TPSA) is 29.3 Å². The second-order valence-corrected chi connectivity index (χ2v) is 6.35. The van der Waals surface area contributed by atoms with Crippen molar-refractivity contribution >= 4 is 0 Å². The number of nitrogens with two attached hydrogens (primary N) is 1. The Labute approximate surface area is 118 Å². The van der Waals surface area contributed by atoms with Gasteiger partial charge >= 0.3 is 0 Å². The molecule has 0 saturated heterocycles. The minimum atomic E-state index is 0.466. The zero-order valence-corrected chi connectivity index (χ0v) is 12.6. The molecular formula is C17H28N2. The molecule has 1 aliphatic rings. The van der Waals surface area contributed by atoms with Crippen molar-refractivity contribution in [2.45, 2.75) is 51.6 Å². The monoisotopic (exact) mass is 260 g/mol. The van der Waals surface area contributed by atoms with Crippen molar-refractivity contribution in [3.8, 4) is 0 Å². The van der Waals surface area contributed by atoms with Crippen LogP contribution in [0.15, 0.2) is 24.3 Å². The molecule has 1 saturated carbocycles. The Bertz CT molecular complexity index is 379. The Hall–Kier alpha value is -0.860. The average Bonchev–Trinajstić information content (AvgIpc) is 2.37. The van der Waals surface area contributed by atoms with E-state index in [0.29, 0.717) is 12.0 Å². The molecule has 1 unspecified atom stereocenters. The van der Waals surface area contributed by atoms with Crippen LogP contribution in [-0.2, 0) is 6.54 Å². The van der Waals surface area contributed by atoms with Crippen LogP contribution < -0.4 is 5.73 Å². The predicted octanol–water partition coefficient (Wildman–Crippen LogP) is 3.37. The first-order valence-corrected chi connectivity index (χ1v) is 7.61. The van der Waals surface area contributed by atoms with Gasteiger partial charge in [0.25, 0.3) is 0 Å². The molecule has 1 fully saturated rings. The summed E-state index contributed by atoms with van der Waals surface area (Å²) < 4.78 is 0. The summed E-state index contributed by atoms with van der Waals surface area (Å²) >= 11 is 0. The van der Waals surface area contributed by atoms with Crippen molar-refractivity contribution in [1.82, 2.24) is 4.90 Å². The third-order valence-electron chi connectivity index (χ3n) is 4.46. The molecular weight excluding hydrogens is 232 g/mol. The van der Waals surface area contributed by atoms with E-state index < -0.39 is 0 Å². The quantitative estimate of drug-likeness (QED) is 0.849. The van der Waals surface area contributed by atoms with Gasteiger partial charge < -0.3 is 10.6 Å². The molecule has 2 heteroatoms. The third-order valence-corrected chi connectivity index (χ3v) is 4.46. The first kappa shape index (κ1) is 14.5. The normalized spacial score (nSPS) is 24.3. The van der Waals surface area contributed by atoms with Gasteiger partial charge in [-0.05, 0) is 49.3 Å². The fraction of sp³-hybridized carbons (Fsp3) is 0.647. The van der Waals surface area contributed by atoms with E-state index in [-0.39, 0.29) is 0 Å². The zero-order valence-electron chi connectivity index (χ0n) is 12.6. The van der Waals surface area contributed by atoms with E-state index in [0.717, 1.165) is 12.5 Å². The summed E-state index contributed by atoms with van der Waals surface area (Å²) in [5.74, 6) is 1.49. The lowest BCUT2D eigenvalue weighted by Crippen LogP contribution is -2.41. The summed E-state index contributed by atoms with van der Waals surface area (Å²) in [7, 11) is 2.21. The molecule has 2 N–H and O–H groups in total. The first-order valence-electron chi connectivity index (χ1n) is 7.61. The highest BCUT2D eigenvalue weighted by atomic mass is 15.1. The summed E-state index contributed by atoms with van der Waals surface area (Å²) in [6.07, 6.45) is 3.62. The smallest absolute Gasteiger partial charge is 0.0230 e. The lowest BCUT2D eigenvalue weighted by Gasteiger charge is -2.35. The molecule has 0 spiro atoms. The van der Waals surface area contributed by atoms with Crippen LogP contribution in [0.2, 0.25) is 0 Å². The van der Waals surface area contributed by atoms with Crippen LogP contribution in [0.4, 0.5) is 0 Å². The summed E-state index contributed by atoms with van der Waals surface area (Å²) in [6.45, 7) is 6.77. The molecule has 0 bridgehead atoms. The Morgan fingerprint density at radius 2 is 1.89 bits per heavy atom. The van der Waals surface area contributed by atoms with Crippen LogP contribution in [0.3, 0.4) is 0 Å². The molecule has 19 heavy (non-hydrogen) atoms. The second kappa shape index (κ2) is 6.53. The van der Waals surface area contributed by atoms with Gasteiger partial charge in [-0.3, -0.25) is 0 Å². The summed E-state index contributed by atoms with van der Waals surface area (Å²) in [5, 5.41) is 0. The molecule has 0 aliphatic heterocycles. The highest BCUT2D eigenvalue weighted by Gasteiger charge is 2.26. The van der Waals surface area contributed by atoms with Gasteiger partial charge in [0.1, 0.15) is 0 Å². The van der Waals surface area contributed by atoms with Crippen LogP contribution in [0.1, 0.15) is 50.2 Å². The molecule has 0 aromatic heterocycles. The highest BCUT2D eigenvalue weighted by molar-refractivity contribution is 5.24. The van der Waals surface area contributed by atoms with Crippen LogP contribution >= 0.6 is 0 Å². The van der Waals surface area contributed by atoms with Gasteiger partial charge in [0.05, 0.1) is 0 Å². The molecule has 2 nitrogen and oxygen atoms in total. The summed E-state index contributed by atoms with van der Waals surface area (Å²) in [5.41, 5.74) is 8.71. The Morgan fingerprint density at radius 1 is 1.26 bits per heavy atom. The number of rotatable bonds is 6. The molecule has 1 aliphatic carbocycles. The summed E-state index contributed by atoms with van der Waals surface area (Å²) in [6, 6.07) is 9.61. The van der Waals surface area contributed by atoms with E-state index in [9.17, 15) is 0 Å². The Balaban J connectivity index is 1.81. The van der Waals surface area contributed by atoms with Gasteiger partial charge in [0.2, 0.25) is 0 Å². The molecule has 106 valence electrons. The maximum Gasteiger partial charge on any atom is 0.0230 e. The molecule has 1 atom stereocenters. The largest absolute Gasteiger partial charge is 0.328 e. The van der Waals surface area contributed by atoms with Gasteiger partial charge in [0, 0.05) is 19.1 Å². The number of benzene rings is 1.